The van der Waals surface area contributed by atoms with E-state index in [-0.39, 0.29) is 6.04 Å². The zero-order valence-corrected chi connectivity index (χ0v) is 12.5. The molecule has 2 rings (SSSR count). The third-order valence-electron chi connectivity index (χ3n) is 2.63. The van der Waals surface area contributed by atoms with Crippen LogP contribution in [0.2, 0.25) is 10.0 Å². The molecule has 0 aliphatic carbocycles. The van der Waals surface area contributed by atoms with Crippen LogP contribution in [-0.4, -0.2) is 4.98 Å². The van der Waals surface area contributed by atoms with E-state index in [1.807, 2.05) is 32.0 Å². The lowest BCUT2D eigenvalue weighted by atomic mass is 10.1. The van der Waals surface area contributed by atoms with Crippen molar-refractivity contribution in [2.24, 2.45) is 5.73 Å². The maximum atomic E-state index is 6.00. The van der Waals surface area contributed by atoms with Crippen molar-refractivity contribution in [2.45, 2.75) is 26.3 Å². The van der Waals surface area contributed by atoms with Gasteiger partial charge in [0.05, 0.1) is 20.7 Å². The first-order valence-corrected chi connectivity index (χ1v) is 7.20. The molecule has 0 saturated heterocycles. The number of rotatable bonds is 3. The highest BCUT2D eigenvalue weighted by molar-refractivity contribution is 7.11. The van der Waals surface area contributed by atoms with Gasteiger partial charge in [0.2, 0.25) is 0 Å². The van der Waals surface area contributed by atoms with Crippen LogP contribution in [0.5, 0.6) is 0 Å². The molecule has 0 aliphatic rings. The van der Waals surface area contributed by atoms with Crippen molar-refractivity contribution in [1.82, 2.24) is 4.98 Å². The summed E-state index contributed by atoms with van der Waals surface area (Å²) in [4.78, 5) is 5.69. The van der Waals surface area contributed by atoms with Crippen molar-refractivity contribution in [1.29, 1.82) is 0 Å². The Hall–Kier alpha value is -0.610. The first-order chi connectivity index (χ1) is 8.47. The van der Waals surface area contributed by atoms with Crippen LogP contribution < -0.4 is 5.73 Å². The van der Waals surface area contributed by atoms with Crippen LogP contribution in [0.25, 0.3) is 0 Å². The second kappa shape index (κ2) is 5.57. The van der Waals surface area contributed by atoms with Crippen molar-refractivity contribution < 1.29 is 0 Å². The quantitative estimate of drug-likeness (QED) is 0.914. The predicted molar refractivity (Wildman–Crippen MR) is 78.7 cm³/mol. The third kappa shape index (κ3) is 3.04. The van der Waals surface area contributed by atoms with Crippen molar-refractivity contribution in [3.63, 3.8) is 0 Å². The number of nitrogens with zero attached hydrogens (tertiary/aromatic N) is 1. The average molecular weight is 301 g/mol. The number of aromatic nitrogens is 1. The van der Waals surface area contributed by atoms with Crippen LogP contribution in [0.4, 0.5) is 0 Å². The molecule has 18 heavy (non-hydrogen) atoms. The Kier molecular flexibility index (Phi) is 4.28. The number of benzene rings is 1. The Labute approximate surface area is 121 Å². The van der Waals surface area contributed by atoms with Gasteiger partial charge in [0.15, 0.2) is 0 Å². The van der Waals surface area contributed by atoms with Gasteiger partial charge in [-0.25, -0.2) is 4.98 Å². The summed E-state index contributed by atoms with van der Waals surface area (Å²) in [5, 5.41) is 2.21. The molecule has 2 aromatic rings. The second-order valence-corrected chi connectivity index (χ2v) is 6.20. The Bertz CT molecular complexity index is 564. The molecule has 1 aromatic carbocycles. The molecule has 0 spiro atoms. The van der Waals surface area contributed by atoms with Crippen molar-refractivity contribution in [3.05, 3.63) is 49.4 Å². The highest BCUT2D eigenvalue weighted by Crippen LogP contribution is 2.27. The highest BCUT2D eigenvalue weighted by atomic mass is 35.5. The molecule has 2 nitrogen and oxygen atoms in total. The van der Waals surface area contributed by atoms with E-state index in [2.05, 4.69) is 4.98 Å². The number of halogens is 2. The summed E-state index contributed by atoms with van der Waals surface area (Å²) in [6.45, 7) is 3.97. The van der Waals surface area contributed by atoms with Gasteiger partial charge in [0.1, 0.15) is 0 Å². The Morgan fingerprint density at radius 3 is 2.61 bits per heavy atom. The fourth-order valence-electron chi connectivity index (χ4n) is 1.79. The summed E-state index contributed by atoms with van der Waals surface area (Å²) < 4.78 is 0. The maximum absolute atomic E-state index is 6.00. The van der Waals surface area contributed by atoms with Crippen LogP contribution >= 0.6 is 34.5 Å². The van der Waals surface area contributed by atoms with Gasteiger partial charge in [-0.2, -0.15) is 0 Å². The standard InChI is InChI=1S/C13H14Cl2N2S/c1-7(16)13-8(2)17-12(18-13)6-9-3-4-10(14)11(15)5-9/h3-5,7H,6,16H2,1-2H3. The minimum atomic E-state index is 0.0325. The monoisotopic (exact) mass is 300 g/mol. The summed E-state index contributed by atoms with van der Waals surface area (Å²) in [7, 11) is 0. The van der Waals surface area contributed by atoms with Gasteiger partial charge in [0, 0.05) is 17.3 Å². The maximum Gasteiger partial charge on any atom is 0.0975 e. The van der Waals surface area contributed by atoms with Crippen LogP contribution in [0, 0.1) is 6.92 Å². The summed E-state index contributed by atoms with van der Waals surface area (Å²) in [6.07, 6.45) is 0.759. The fraction of sp³-hybridized carbons (Fsp3) is 0.308. The smallest absolute Gasteiger partial charge is 0.0975 e. The molecule has 0 aliphatic heterocycles. The summed E-state index contributed by atoms with van der Waals surface area (Å²) in [5.41, 5.74) is 8.02. The number of hydrogen-bond donors (Lipinski definition) is 1. The van der Waals surface area contributed by atoms with E-state index < -0.39 is 0 Å². The number of hydrogen-bond acceptors (Lipinski definition) is 3. The minimum Gasteiger partial charge on any atom is -0.323 e. The minimum absolute atomic E-state index is 0.0325. The molecule has 0 amide bonds. The van der Waals surface area contributed by atoms with Gasteiger partial charge < -0.3 is 5.73 Å². The summed E-state index contributed by atoms with van der Waals surface area (Å²) in [6, 6.07) is 5.69. The number of thiazole rings is 1. The highest BCUT2D eigenvalue weighted by Gasteiger charge is 2.11. The van der Waals surface area contributed by atoms with Crippen molar-refractivity contribution in [2.75, 3.05) is 0 Å². The fourth-order valence-corrected chi connectivity index (χ4v) is 3.16. The summed E-state index contributed by atoms with van der Waals surface area (Å²) >= 11 is 13.6. The topological polar surface area (TPSA) is 38.9 Å². The predicted octanol–water partition coefficient (Wildman–Crippen LogP) is 4.37. The normalized spacial score (nSPS) is 12.7. The van der Waals surface area contributed by atoms with Gasteiger partial charge in [-0.15, -0.1) is 11.3 Å². The second-order valence-electron chi connectivity index (χ2n) is 4.27. The van der Waals surface area contributed by atoms with E-state index in [9.17, 15) is 0 Å². The largest absolute Gasteiger partial charge is 0.323 e. The lowest BCUT2D eigenvalue weighted by molar-refractivity contribution is 0.825. The lowest BCUT2D eigenvalue weighted by Crippen LogP contribution is -2.03. The molecule has 0 bridgehead atoms. The molecule has 1 unspecified atom stereocenters. The van der Waals surface area contributed by atoms with Gasteiger partial charge in [-0.1, -0.05) is 29.3 Å². The summed E-state index contributed by atoms with van der Waals surface area (Å²) in [5.74, 6) is 0. The Morgan fingerprint density at radius 1 is 1.33 bits per heavy atom. The molecule has 0 fully saturated rings. The molecule has 5 heteroatoms. The average Bonchev–Trinajstić information content (AvgIpc) is 2.65. The van der Waals surface area contributed by atoms with E-state index in [0.29, 0.717) is 10.0 Å². The molecule has 1 aromatic heterocycles. The van der Waals surface area contributed by atoms with Crippen molar-refractivity contribution >= 4 is 34.5 Å². The molecule has 2 N–H and O–H groups in total. The van der Waals surface area contributed by atoms with Crippen LogP contribution in [-0.2, 0) is 6.42 Å². The van der Waals surface area contributed by atoms with Crippen LogP contribution in [0.3, 0.4) is 0 Å². The van der Waals surface area contributed by atoms with E-state index in [1.54, 1.807) is 11.3 Å². The first-order valence-electron chi connectivity index (χ1n) is 5.63. The lowest BCUT2D eigenvalue weighted by Gasteiger charge is -2.01. The zero-order valence-electron chi connectivity index (χ0n) is 10.2. The molecule has 1 atom stereocenters. The van der Waals surface area contributed by atoms with Crippen LogP contribution in [0.15, 0.2) is 18.2 Å². The first kappa shape index (κ1) is 13.8. The third-order valence-corrected chi connectivity index (χ3v) is 4.73. The molecule has 96 valence electrons. The van der Waals surface area contributed by atoms with Gasteiger partial charge in [-0.3, -0.25) is 0 Å². The van der Waals surface area contributed by atoms with E-state index in [4.69, 9.17) is 28.9 Å². The number of aryl methyl sites for hydroxylation is 1. The van der Waals surface area contributed by atoms with Crippen molar-refractivity contribution in [3.8, 4) is 0 Å². The molecule has 0 radical (unpaired) electrons. The molecule has 1 heterocycles. The van der Waals surface area contributed by atoms with E-state index >= 15 is 0 Å². The van der Waals surface area contributed by atoms with E-state index in [0.717, 1.165) is 27.6 Å². The van der Waals surface area contributed by atoms with Crippen LogP contribution in [0.1, 0.15) is 34.1 Å². The van der Waals surface area contributed by atoms with Gasteiger partial charge >= 0.3 is 0 Å². The molecule has 0 saturated carbocycles. The SMILES string of the molecule is Cc1nc(Cc2ccc(Cl)c(Cl)c2)sc1C(C)N. The van der Waals surface area contributed by atoms with E-state index in [1.165, 1.54) is 0 Å². The number of nitrogens with two attached hydrogens (primary N) is 1. The van der Waals surface area contributed by atoms with Gasteiger partial charge in [0.25, 0.3) is 0 Å². The molecular weight excluding hydrogens is 287 g/mol. The zero-order chi connectivity index (χ0) is 13.3. The Balaban J connectivity index is 2.23. The Morgan fingerprint density at radius 2 is 2.06 bits per heavy atom. The molecular formula is C13H14Cl2N2S. The van der Waals surface area contributed by atoms with Gasteiger partial charge in [-0.05, 0) is 31.5 Å².